The highest BCUT2D eigenvalue weighted by atomic mass is 32.1. The monoisotopic (exact) mass is 403 g/mol. The Morgan fingerprint density at radius 3 is 2.59 bits per heavy atom. The number of nitrogens with one attached hydrogen (secondary N) is 1. The van der Waals surface area contributed by atoms with Gasteiger partial charge in [-0.1, -0.05) is 0 Å². The SMILES string of the molecule is COCCOc1ccc(C(F)(F)F)cc1NC(=O)COC(=O)c1ccsc1. The molecule has 0 aliphatic rings. The highest BCUT2D eigenvalue weighted by Crippen LogP contribution is 2.35. The number of ether oxygens (including phenoxy) is 3. The Morgan fingerprint density at radius 2 is 1.96 bits per heavy atom. The van der Waals surface area contributed by atoms with Gasteiger partial charge in [0.1, 0.15) is 12.4 Å². The van der Waals surface area contributed by atoms with Crippen molar-refractivity contribution in [3.63, 3.8) is 0 Å². The minimum Gasteiger partial charge on any atom is -0.489 e. The van der Waals surface area contributed by atoms with Crippen LogP contribution in [0.2, 0.25) is 0 Å². The summed E-state index contributed by atoms with van der Waals surface area (Å²) in [6.45, 7) is -0.354. The van der Waals surface area contributed by atoms with Crippen LogP contribution in [0.4, 0.5) is 18.9 Å². The maximum atomic E-state index is 12.9. The average molecular weight is 403 g/mol. The van der Waals surface area contributed by atoms with Gasteiger partial charge < -0.3 is 19.5 Å². The molecule has 1 aromatic heterocycles. The molecule has 10 heteroatoms. The molecule has 1 aromatic carbocycles. The third kappa shape index (κ3) is 6.26. The fourth-order valence-corrected chi connectivity index (χ4v) is 2.57. The highest BCUT2D eigenvalue weighted by molar-refractivity contribution is 7.08. The Kier molecular flexibility index (Phi) is 7.19. The second kappa shape index (κ2) is 9.38. The number of amides is 1. The highest BCUT2D eigenvalue weighted by Gasteiger charge is 2.31. The third-order valence-corrected chi connectivity index (χ3v) is 3.90. The molecule has 0 atom stereocenters. The molecule has 0 fully saturated rings. The van der Waals surface area contributed by atoms with E-state index in [1.807, 2.05) is 0 Å². The van der Waals surface area contributed by atoms with Gasteiger partial charge in [0.2, 0.25) is 0 Å². The van der Waals surface area contributed by atoms with Crippen molar-refractivity contribution in [3.05, 3.63) is 46.2 Å². The van der Waals surface area contributed by atoms with E-state index in [1.54, 1.807) is 10.8 Å². The lowest BCUT2D eigenvalue weighted by Gasteiger charge is -2.15. The van der Waals surface area contributed by atoms with Crippen molar-refractivity contribution in [1.29, 1.82) is 0 Å². The predicted molar refractivity (Wildman–Crippen MR) is 92.0 cm³/mol. The predicted octanol–water partition coefficient (Wildman–Crippen LogP) is 3.59. The second-order valence-corrected chi connectivity index (χ2v) is 5.97. The number of benzene rings is 1. The van der Waals surface area contributed by atoms with Gasteiger partial charge in [0, 0.05) is 12.5 Å². The first-order valence-corrected chi connectivity index (χ1v) is 8.57. The van der Waals surface area contributed by atoms with Gasteiger partial charge in [-0.25, -0.2) is 4.79 Å². The number of thiophene rings is 1. The number of methoxy groups -OCH3 is 1. The van der Waals surface area contributed by atoms with Crippen molar-refractivity contribution in [2.24, 2.45) is 0 Å². The van der Waals surface area contributed by atoms with E-state index in [-0.39, 0.29) is 30.2 Å². The molecule has 0 radical (unpaired) electrons. The van der Waals surface area contributed by atoms with E-state index >= 15 is 0 Å². The molecule has 0 spiro atoms. The zero-order valence-electron chi connectivity index (χ0n) is 14.2. The summed E-state index contributed by atoms with van der Waals surface area (Å²) in [5.41, 5.74) is -0.847. The molecule has 0 saturated carbocycles. The first kappa shape index (κ1) is 20.7. The fraction of sp³-hybridized carbons (Fsp3) is 0.294. The minimum absolute atomic E-state index is 0.0394. The molecule has 2 rings (SSSR count). The first-order chi connectivity index (χ1) is 12.8. The summed E-state index contributed by atoms with van der Waals surface area (Å²) in [5.74, 6) is -1.46. The molecule has 27 heavy (non-hydrogen) atoms. The molecule has 1 heterocycles. The van der Waals surface area contributed by atoms with E-state index in [4.69, 9.17) is 14.2 Å². The number of carbonyl (C=O) groups excluding carboxylic acids is 2. The molecule has 6 nitrogen and oxygen atoms in total. The maximum Gasteiger partial charge on any atom is 0.416 e. The van der Waals surface area contributed by atoms with Crippen LogP contribution in [0.3, 0.4) is 0 Å². The molecule has 0 aliphatic heterocycles. The van der Waals surface area contributed by atoms with Gasteiger partial charge in [0.15, 0.2) is 6.61 Å². The van der Waals surface area contributed by atoms with E-state index in [1.165, 1.54) is 24.5 Å². The Morgan fingerprint density at radius 1 is 1.19 bits per heavy atom. The summed E-state index contributed by atoms with van der Waals surface area (Å²) in [6, 6.07) is 4.22. The molecule has 2 aromatic rings. The molecule has 0 bridgehead atoms. The van der Waals surface area contributed by atoms with Crippen molar-refractivity contribution in [1.82, 2.24) is 0 Å². The quantitative estimate of drug-likeness (QED) is 0.539. The molecule has 1 N–H and O–H groups in total. The van der Waals surface area contributed by atoms with Crippen molar-refractivity contribution in [2.75, 3.05) is 32.2 Å². The summed E-state index contributed by atoms with van der Waals surface area (Å²) < 4.78 is 53.7. The summed E-state index contributed by atoms with van der Waals surface area (Å²) in [5, 5.41) is 5.49. The van der Waals surface area contributed by atoms with Crippen LogP contribution in [0, 0.1) is 0 Å². The van der Waals surface area contributed by atoms with E-state index in [0.717, 1.165) is 18.2 Å². The lowest BCUT2D eigenvalue weighted by Crippen LogP contribution is -2.21. The Hall–Kier alpha value is -2.59. The maximum absolute atomic E-state index is 12.9. The van der Waals surface area contributed by atoms with E-state index in [0.29, 0.717) is 0 Å². The van der Waals surface area contributed by atoms with Crippen LogP contribution in [0.15, 0.2) is 35.0 Å². The number of carbonyl (C=O) groups is 2. The zero-order valence-corrected chi connectivity index (χ0v) is 15.0. The number of halogens is 3. The zero-order chi connectivity index (χ0) is 19.9. The molecule has 1 amide bonds. The lowest BCUT2D eigenvalue weighted by atomic mass is 10.1. The van der Waals surface area contributed by atoms with Crippen LogP contribution in [0.25, 0.3) is 0 Å². The number of hydrogen-bond donors (Lipinski definition) is 1. The largest absolute Gasteiger partial charge is 0.489 e. The summed E-state index contributed by atoms with van der Waals surface area (Å²) >= 11 is 1.29. The topological polar surface area (TPSA) is 73.9 Å². The van der Waals surface area contributed by atoms with Crippen LogP contribution >= 0.6 is 11.3 Å². The van der Waals surface area contributed by atoms with Gasteiger partial charge in [0.25, 0.3) is 5.91 Å². The molecular weight excluding hydrogens is 387 g/mol. The lowest BCUT2D eigenvalue weighted by molar-refractivity contribution is -0.137. The molecule has 0 aliphatic carbocycles. The van der Waals surface area contributed by atoms with Crippen LogP contribution in [0.5, 0.6) is 5.75 Å². The standard InChI is InChI=1S/C17H16F3NO5S/c1-24-5-6-25-14-3-2-12(17(18,19)20)8-13(14)21-15(22)9-26-16(23)11-4-7-27-10-11/h2-4,7-8,10H,5-6,9H2,1H3,(H,21,22). The smallest absolute Gasteiger partial charge is 0.416 e. The van der Waals surface area contributed by atoms with Crippen LogP contribution < -0.4 is 10.1 Å². The number of alkyl halides is 3. The van der Waals surface area contributed by atoms with Crippen LogP contribution in [-0.4, -0.2) is 38.8 Å². The van der Waals surface area contributed by atoms with Crippen molar-refractivity contribution in [2.45, 2.75) is 6.18 Å². The summed E-state index contributed by atoms with van der Waals surface area (Å²) in [6.07, 6.45) is -4.59. The normalized spacial score (nSPS) is 11.1. The minimum atomic E-state index is -4.59. The van der Waals surface area contributed by atoms with Gasteiger partial charge in [0.05, 0.1) is 23.4 Å². The summed E-state index contributed by atoms with van der Waals surface area (Å²) in [4.78, 5) is 23.7. The van der Waals surface area contributed by atoms with Gasteiger partial charge in [-0.3, -0.25) is 4.79 Å². The average Bonchev–Trinajstić information content (AvgIpc) is 3.15. The van der Waals surface area contributed by atoms with E-state index < -0.39 is 30.2 Å². The number of esters is 1. The van der Waals surface area contributed by atoms with E-state index in [9.17, 15) is 22.8 Å². The van der Waals surface area contributed by atoms with Crippen molar-refractivity contribution >= 4 is 28.9 Å². The van der Waals surface area contributed by atoms with Gasteiger partial charge in [-0.2, -0.15) is 24.5 Å². The fourth-order valence-electron chi connectivity index (χ4n) is 1.95. The van der Waals surface area contributed by atoms with Crippen LogP contribution in [0.1, 0.15) is 15.9 Å². The Balaban J connectivity index is 2.06. The van der Waals surface area contributed by atoms with Gasteiger partial charge >= 0.3 is 12.1 Å². The van der Waals surface area contributed by atoms with Gasteiger partial charge in [-0.15, -0.1) is 0 Å². The van der Waals surface area contributed by atoms with Gasteiger partial charge in [-0.05, 0) is 29.6 Å². The number of anilines is 1. The first-order valence-electron chi connectivity index (χ1n) is 7.63. The van der Waals surface area contributed by atoms with Crippen molar-refractivity contribution < 1.29 is 37.0 Å². The third-order valence-electron chi connectivity index (χ3n) is 3.22. The molecule has 0 unspecified atom stereocenters. The van der Waals surface area contributed by atoms with Crippen molar-refractivity contribution in [3.8, 4) is 5.75 Å². The number of rotatable bonds is 8. The Bertz CT molecular complexity index is 777. The molecule has 0 saturated heterocycles. The number of hydrogen-bond acceptors (Lipinski definition) is 6. The molecular formula is C17H16F3NO5S. The summed E-state index contributed by atoms with van der Waals surface area (Å²) in [7, 11) is 1.45. The Labute approximate surface area is 156 Å². The molecule has 146 valence electrons. The second-order valence-electron chi connectivity index (χ2n) is 5.19. The van der Waals surface area contributed by atoms with E-state index in [2.05, 4.69) is 5.32 Å². The van der Waals surface area contributed by atoms with Crippen LogP contribution in [-0.2, 0) is 20.4 Å².